The molecule has 2 N–H and O–H groups in total. The molecule has 1 aliphatic rings. The fourth-order valence-corrected chi connectivity index (χ4v) is 1.85. The van der Waals surface area contributed by atoms with Crippen molar-refractivity contribution in [3.63, 3.8) is 0 Å². The Labute approximate surface area is 69.9 Å². The molecule has 66 valence electrons. The van der Waals surface area contributed by atoms with E-state index in [1.165, 1.54) is 0 Å². The Morgan fingerprint density at radius 2 is 2.45 bits per heavy atom. The predicted molar refractivity (Wildman–Crippen MR) is 34.6 cm³/mol. The first-order valence-corrected chi connectivity index (χ1v) is 5.66. The van der Waals surface area contributed by atoms with Gasteiger partial charge in [-0.3, -0.25) is 0 Å². The molecule has 6 nitrogen and oxygen atoms in total. The van der Waals surface area contributed by atoms with Gasteiger partial charge in [-0.15, -0.1) is 0 Å². The average Bonchev–Trinajstić information content (AvgIpc) is 2.32. The Morgan fingerprint density at radius 3 is 2.91 bits per heavy atom. The number of phosphoric ester groups is 1. The van der Waals surface area contributed by atoms with E-state index < -0.39 is 7.82 Å². The molecule has 11 heavy (non-hydrogen) atoms. The summed E-state index contributed by atoms with van der Waals surface area (Å²) in [5.74, 6) is 0. The van der Waals surface area contributed by atoms with Gasteiger partial charge in [0.1, 0.15) is 0 Å². The van der Waals surface area contributed by atoms with Crippen molar-refractivity contribution in [3.05, 3.63) is 0 Å². The molecule has 0 amide bonds. The van der Waals surface area contributed by atoms with E-state index in [0.29, 0.717) is 6.61 Å². The summed E-state index contributed by atoms with van der Waals surface area (Å²) in [5.41, 5.74) is 0. The molecule has 0 aromatic rings. The Balaban J connectivity index is 2.16. The Bertz CT molecular complexity index is 161. The normalized spacial score (nSPS) is 25.8. The summed E-state index contributed by atoms with van der Waals surface area (Å²) in [7, 11) is -4.35. The summed E-state index contributed by atoms with van der Waals surface area (Å²) in [6.07, 6.45) is -0.331. The standard InChI is InChI=1S/C3H7O6PSe/c4-10(5,6)7-1-3-2-8-11-9-3/h3H,1-2H2,(H2,4,5,6). The molecule has 1 heterocycles. The van der Waals surface area contributed by atoms with Crippen LogP contribution in [0.3, 0.4) is 0 Å². The van der Waals surface area contributed by atoms with Crippen molar-refractivity contribution in [2.24, 2.45) is 0 Å². The molecule has 1 fully saturated rings. The van der Waals surface area contributed by atoms with Crippen LogP contribution in [-0.2, 0) is 16.7 Å². The van der Waals surface area contributed by atoms with Crippen molar-refractivity contribution >= 4 is 23.4 Å². The van der Waals surface area contributed by atoms with E-state index in [2.05, 4.69) is 4.52 Å². The first kappa shape index (κ1) is 9.64. The Hall–Kier alpha value is 0.549. The number of hydrogen-bond acceptors (Lipinski definition) is 4. The minimum absolute atomic E-state index is 0.119. The van der Waals surface area contributed by atoms with Crippen LogP contribution in [0.5, 0.6) is 0 Å². The van der Waals surface area contributed by atoms with Crippen molar-refractivity contribution in [3.8, 4) is 0 Å². The zero-order chi connectivity index (χ0) is 8.32. The third-order valence-corrected chi connectivity index (χ3v) is 2.61. The topological polar surface area (TPSA) is 85.2 Å². The molecule has 0 aromatic heterocycles. The van der Waals surface area contributed by atoms with Crippen LogP contribution >= 0.6 is 7.82 Å². The van der Waals surface area contributed by atoms with Crippen LogP contribution in [0.2, 0.25) is 0 Å². The molecular weight excluding hydrogens is 242 g/mol. The van der Waals surface area contributed by atoms with Gasteiger partial charge >= 0.3 is 69.3 Å². The summed E-state index contributed by atoms with van der Waals surface area (Å²) in [6, 6.07) is 0. The Morgan fingerprint density at radius 1 is 1.73 bits per heavy atom. The predicted octanol–water partition coefficient (Wildman–Crippen LogP) is -0.955. The van der Waals surface area contributed by atoms with Crippen molar-refractivity contribution in [2.75, 3.05) is 13.2 Å². The summed E-state index contributed by atoms with van der Waals surface area (Å²) in [6.45, 7) is 0.228. The van der Waals surface area contributed by atoms with Gasteiger partial charge in [0, 0.05) is 0 Å². The first-order chi connectivity index (χ1) is 5.08. The molecule has 0 radical (unpaired) electrons. The molecule has 1 aliphatic heterocycles. The summed E-state index contributed by atoms with van der Waals surface area (Å²) in [5, 5.41) is 0. The van der Waals surface area contributed by atoms with E-state index in [1.54, 1.807) is 0 Å². The fourth-order valence-electron chi connectivity index (χ4n) is 0.471. The molecule has 1 saturated heterocycles. The SMILES string of the molecule is O=P(O)(O)OCC1CO[Se]O1. The zero-order valence-corrected chi connectivity index (χ0v) is 7.98. The van der Waals surface area contributed by atoms with Crippen LogP contribution in [0.25, 0.3) is 0 Å². The summed E-state index contributed by atoms with van der Waals surface area (Å²) in [4.78, 5) is 16.6. The molecule has 1 atom stereocenters. The molecule has 0 spiro atoms. The van der Waals surface area contributed by atoms with Gasteiger partial charge in [-0.05, 0) is 0 Å². The second-order valence-electron chi connectivity index (χ2n) is 1.86. The van der Waals surface area contributed by atoms with Gasteiger partial charge in [0.05, 0.1) is 0 Å². The van der Waals surface area contributed by atoms with Crippen molar-refractivity contribution in [1.82, 2.24) is 0 Å². The maximum absolute atomic E-state index is 10.2. The molecule has 0 saturated carbocycles. The van der Waals surface area contributed by atoms with Gasteiger partial charge in [-0.2, -0.15) is 0 Å². The molecule has 0 aliphatic carbocycles. The maximum atomic E-state index is 10.2. The van der Waals surface area contributed by atoms with E-state index in [1.807, 2.05) is 0 Å². The quantitative estimate of drug-likeness (QED) is 0.495. The summed E-state index contributed by atoms with van der Waals surface area (Å²) >= 11 is -0.317. The van der Waals surface area contributed by atoms with E-state index in [4.69, 9.17) is 17.4 Å². The second kappa shape index (κ2) is 3.98. The molecular formula is C3H7O6PSe. The van der Waals surface area contributed by atoms with Gasteiger partial charge in [0.2, 0.25) is 0 Å². The van der Waals surface area contributed by atoms with E-state index in [0.717, 1.165) is 0 Å². The van der Waals surface area contributed by atoms with Crippen LogP contribution in [0.15, 0.2) is 0 Å². The van der Waals surface area contributed by atoms with E-state index in [-0.39, 0.29) is 28.3 Å². The van der Waals surface area contributed by atoms with Crippen LogP contribution < -0.4 is 0 Å². The number of rotatable bonds is 3. The van der Waals surface area contributed by atoms with Crippen LogP contribution in [0.1, 0.15) is 0 Å². The van der Waals surface area contributed by atoms with E-state index >= 15 is 0 Å². The van der Waals surface area contributed by atoms with Crippen molar-refractivity contribution in [2.45, 2.75) is 6.10 Å². The van der Waals surface area contributed by atoms with Gasteiger partial charge in [-0.1, -0.05) is 0 Å². The molecule has 8 heteroatoms. The second-order valence-corrected chi connectivity index (χ2v) is 4.28. The summed E-state index contributed by atoms with van der Waals surface area (Å²) < 4.78 is 24.1. The van der Waals surface area contributed by atoms with Gasteiger partial charge in [0.25, 0.3) is 0 Å². The fraction of sp³-hybridized carbons (Fsp3) is 1.00. The third kappa shape index (κ3) is 4.20. The van der Waals surface area contributed by atoms with Crippen molar-refractivity contribution in [1.29, 1.82) is 0 Å². The monoisotopic (exact) mass is 250 g/mol. The number of phosphoric acid groups is 1. The molecule has 0 aromatic carbocycles. The van der Waals surface area contributed by atoms with E-state index in [9.17, 15) is 4.57 Å². The Kier molecular flexibility index (Phi) is 3.49. The zero-order valence-electron chi connectivity index (χ0n) is 5.37. The molecule has 0 bridgehead atoms. The average molecular weight is 249 g/mol. The molecule has 1 unspecified atom stereocenters. The van der Waals surface area contributed by atoms with Crippen molar-refractivity contribution < 1.29 is 26.5 Å². The first-order valence-electron chi connectivity index (χ1n) is 2.73. The van der Waals surface area contributed by atoms with Gasteiger partial charge < -0.3 is 0 Å². The number of hydrogen-bond donors (Lipinski definition) is 2. The van der Waals surface area contributed by atoms with Gasteiger partial charge in [0.15, 0.2) is 0 Å². The van der Waals surface area contributed by atoms with Crippen LogP contribution in [0.4, 0.5) is 0 Å². The van der Waals surface area contributed by atoms with Crippen LogP contribution in [0, 0.1) is 0 Å². The van der Waals surface area contributed by atoms with Gasteiger partial charge in [-0.25, -0.2) is 0 Å². The third-order valence-electron chi connectivity index (χ3n) is 0.906. The minimum atomic E-state index is -4.35. The van der Waals surface area contributed by atoms with Crippen LogP contribution in [-0.4, -0.2) is 44.7 Å². The molecule has 1 rings (SSSR count).